The monoisotopic (exact) mass is 972 g/mol. The zero-order chi connectivity index (χ0) is 32.1. The van der Waals surface area contributed by atoms with Crippen LogP contribution in [0.2, 0.25) is 0 Å². The van der Waals surface area contributed by atoms with Gasteiger partial charge in [-0.2, -0.15) is 0 Å². The van der Waals surface area contributed by atoms with Gasteiger partial charge in [0.05, 0.1) is 0 Å². The summed E-state index contributed by atoms with van der Waals surface area (Å²) in [5.74, 6) is 0.647. The van der Waals surface area contributed by atoms with Gasteiger partial charge in [-0.15, -0.1) is 14.0 Å². The highest BCUT2D eigenvalue weighted by atomic mass is 127. The Bertz CT molecular complexity index is 1300. The quantitative estimate of drug-likeness (QED) is 0.113. The molecule has 3 aromatic heterocycles. The first-order valence-electron chi connectivity index (χ1n) is 12.6. The number of nitrogens with two attached hydrogens (primary N) is 3. The van der Waals surface area contributed by atoms with Crippen molar-refractivity contribution in [1.82, 2.24) is 29.3 Å². The number of halogens is 3. The molecule has 0 saturated heterocycles. The first-order chi connectivity index (χ1) is 19.5. The molecule has 0 amide bonds. The Hall–Kier alpha value is -2.97. The number of nitrogens with zero attached hydrogens (tertiary/aromatic N) is 9. The zero-order valence-electron chi connectivity index (χ0n) is 25.8. The van der Waals surface area contributed by atoms with Crippen LogP contribution in [0, 0.1) is 0 Å². The molecule has 0 aromatic carbocycles. The van der Waals surface area contributed by atoms with E-state index in [1.54, 1.807) is 19.0 Å². The number of nitrogen functional groups attached to an aromatic ring is 3. The largest absolute Gasteiger partial charge is 1.00 e. The molecule has 0 saturated carbocycles. The molecule has 21 heteroatoms. The normalized spacial score (nSPS) is 9.47. The minimum Gasteiger partial charge on any atom is -1.00 e. The average Bonchev–Trinajstić information content (AvgIpc) is 3.43. The Balaban J connectivity index is -0.000000569. The van der Waals surface area contributed by atoms with Crippen LogP contribution in [0.25, 0.3) is 0 Å². The molecule has 0 fully saturated rings. The highest BCUT2D eigenvalue weighted by molar-refractivity contribution is 5.76. The summed E-state index contributed by atoms with van der Waals surface area (Å²) in [4.78, 5) is 64.8. The third kappa shape index (κ3) is 19.2. The van der Waals surface area contributed by atoms with E-state index in [1.165, 1.54) is 69.3 Å². The van der Waals surface area contributed by atoms with E-state index in [0.717, 1.165) is 0 Å². The fourth-order valence-corrected chi connectivity index (χ4v) is 3.30. The summed E-state index contributed by atoms with van der Waals surface area (Å²) >= 11 is 0. The Morgan fingerprint density at radius 2 is 0.689 bits per heavy atom. The highest BCUT2D eigenvalue weighted by Crippen LogP contribution is 1.91. The average molecular weight is 972 g/mol. The lowest BCUT2D eigenvalue weighted by molar-refractivity contribution is -0.670. The molecular weight excluding hydrogens is 933 g/mol. The minimum absolute atomic E-state index is 0. The van der Waals surface area contributed by atoms with Gasteiger partial charge in [0.25, 0.3) is 0 Å². The van der Waals surface area contributed by atoms with Crippen molar-refractivity contribution in [3.63, 3.8) is 0 Å². The van der Waals surface area contributed by atoms with Crippen molar-refractivity contribution in [3.8, 4) is 0 Å². The van der Waals surface area contributed by atoms with E-state index in [2.05, 4.69) is 15.3 Å². The van der Waals surface area contributed by atoms with Gasteiger partial charge in [0, 0.05) is 15.3 Å². The molecule has 0 atom stereocenters. The predicted molar refractivity (Wildman–Crippen MR) is 145 cm³/mol. The first-order valence-corrected chi connectivity index (χ1v) is 12.6. The molecule has 0 unspecified atom stereocenters. The lowest BCUT2D eigenvalue weighted by Gasteiger charge is -1.91. The van der Waals surface area contributed by atoms with Crippen molar-refractivity contribution in [2.75, 3.05) is 17.2 Å². The van der Waals surface area contributed by atoms with Crippen LogP contribution in [0.5, 0.6) is 0 Å². The third-order valence-electron chi connectivity index (χ3n) is 4.73. The molecule has 0 aliphatic heterocycles. The number of hydrogen-bond donors (Lipinski definition) is 3. The molecule has 3 rings (SSSR count). The van der Waals surface area contributed by atoms with Gasteiger partial charge in [0.1, 0.15) is 39.3 Å². The van der Waals surface area contributed by atoms with Gasteiger partial charge in [0.2, 0.25) is 0 Å². The van der Waals surface area contributed by atoms with E-state index >= 15 is 0 Å². The molecule has 0 aliphatic rings. The maximum atomic E-state index is 10.8. The van der Waals surface area contributed by atoms with Crippen LogP contribution in [-0.4, -0.2) is 64.0 Å². The van der Waals surface area contributed by atoms with Crippen LogP contribution in [0.3, 0.4) is 0 Å². The van der Waals surface area contributed by atoms with Gasteiger partial charge in [-0.1, -0.05) is 0 Å². The predicted octanol–water partition coefficient (Wildman–Crippen LogP) is -12.2. The Kier molecular flexibility index (Phi) is 23.2. The molecule has 3 heterocycles. The zero-order valence-corrected chi connectivity index (χ0v) is 32.3. The molecule has 0 radical (unpaired) electrons. The molecular formula is C24H39I3N12O6. The topological polar surface area (TPSA) is 246 Å². The summed E-state index contributed by atoms with van der Waals surface area (Å²) in [6.45, 7) is 9.88. The van der Waals surface area contributed by atoms with Crippen LogP contribution >= 0.6 is 0 Å². The van der Waals surface area contributed by atoms with Crippen molar-refractivity contribution in [2.24, 2.45) is 0 Å². The number of ketones is 6. The maximum Gasteiger partial charge on any atom is 0.375 e. The molecule has 252 valence electrons. The van der Waals surface area contributed by atoms with Crippen LogP contribution in [-0.2, 0) is 68.0 Å². The van der Waals surface area contributed by atoms with Crippen LogP contribution < -0.4 is 103 Å². The number of Topliss-reactive ketones (excluding diaryl/α,β-unsaturated/α-hetero) is 6. The van der Waals surface area contributed by atoms with E-state index in [9.17, 15) is 28.8 Å². The van der Waals surface area contributed by atoms with Crippen LogP contribution in [0.15, 0.2) is 19.0 Å². The SMILES string of the molecule is CC(=O)Cn1c[n+](CC(C)=O)c(N)n1.CC(=O)Cn1c[n+](CC(C)=O)c(N)n1.CC(=O)Cn1c[n+](CC(C)=O)c(N)n1.[I-].[I-].[I-]. The number of rotatable bonds is 12. The first kappa shape index (κ1) is 46.4. The van der Waals surface area contributed by atoms with E-state index < -0.39 is 0 Å². The smallest absolute Gasteiger partial charge is 0.375 e. The molecule has 45 heavy (non-hydrogen) atoms. The van der Waals surface area contributed by atoms with Crippen molar-refractivity contribution in [1.29, 1.82) is 0 Å². The second kappa shape index (κ2) is 22.5. The third-order valence-corrected chi connectivity index (χ3v) is 4.73. The Labute approximate surface area is 311 Å². The standard InChI is InChI=1S/3C8H13N4O2.3HI/c3*1-6(13)3-11-5-12(4-7(2)14)10-8(11)9;;;/h3*5H,3-4H2,1-2H3,(H2,9,10);3*1H/q3*+1;;;/p-3. The second-order valence-electron chi connectivity index (χ2n) is 9.61. The Morgan fingerprint density at radius 1 is 0.489 bits per heavy atom. The van der Waals surface area contributed by atoms with E-state index in [4.69, 9.17) is 17.2 Å². The molecule has 0 aliphatic carbocycles. The highest BCUT2D eigenvalue weighted by Gasteiger charge is 2.16. The van der Waals surface area contributed by atoms with E-state index in [-0.39, 0.29) is 164 Å². The Morgan fingerprint density at radius 3 is 0.844 bits per heavy atom. The van der Waals surface area contributed by atoms with E-state index in [1.807, 2.05) is 0 Å². The number of aromatic nitrogens is 9. The van der Waals surface area contributed by atoms with Gasteiger partial charge >= 0.3 is 17.8 Å². The van der Waals surface area contributed by atoms with Gasteiger partial charge in [0.15, 0.2) is 53.7 Å². The summed E-state index contributed by atoms with van der Waals surface area (Å²) in [5.41, 5.74) is 16.6. The van der Waals surface area contributed by atoms with Crippen LogP contribution in [0.1, 0.15) is 41.5 Å². The summed E-state index contributed by atoms with van der Waals surface area (Å²) in [7, 11) is 0. The summed E-state index contributed by atoms with van der Waals surface area (Å²) in [5, 5.41) is 11.7. The lowest BCUT2D eigenvalue weighted by atomic mass is 10.4. The second-order valence-corrected chi connectivity index (χ2v) is 9.61. The number of anilines is 3. The summed E-state index contributed by atoms with van der Waals surface area (Å²) < 4.78 is 8.77. The fraction of sp³-hybridized carbons (Fsp3) is 0.500. The number of carbonyl (C=O) groups excluding carboxylic acids is 6. The van der Waals surface area contributed by atoms with Gasteiger partial charge in [-0.05, 0) is 41.5 Å². The minimum atomic E-state index is -0.0116. The molecule has 0 spiro atoms. The summed E-state index contributed by atoms with van der Waals surface area (Å²) in [6.07, 6.45) is 4.66. The van der Waals surface area contributed by atoms with Crippen molar-refractivity contribution in [2.45, 2.75) is 80.8 Å². The maximum absolute atomic E-state index is 10.8. The molecule has 3 aromatic rings. The molecule has 6 N–H and O–H groups in total. The van der Waals surface area contributed by atoms with E-state index in [0.29, 0.717) is 0 Å². The molecule has 0 bridgehead atoms. The fourth-order valence-electron chi connectivity index (χ4n) is 3.30. The van der Waals surface area contributed by atoms with Gasteiger partial charge < -0.3 is 89.1 Å². The van der Waals surface area contributed by atoms with Gasteiger partial charge in [-0.25, -0.2) is 13.7 Å². The van der Waals surface area contributed by atoms with Crippen molar-refractivity contribution in [3.05, 3.63) is 19.0 Å². The van der Waals surface area contributed by atoms with Gasteiger partial charge in [-0.3, -0.25) is 28.8 Å². The van der Waals surface area contributed by atoms with Crippen LogP contribution in [0.4, 0.5) is 17.8 Å². The lowest BCUT2D eigenvalue weighted by Crippen LogP contribution is -3.00. The summed E-state index contributed by atoms with van der Waals surface area (Å²) in [6, 6.07) is 0. The van der Waals surface area contributed by atoms with Crippen molar-refractivity contribution < 1.29 is 114 Å². The number of hydrogen-bond acceptors (Lipinski definition) is 12. The number of carbonyl (C=O) groups is 6. The molecule has 18 nitrogen and oxygen atoms in total. The van der Waals surface area contributed by atoms with Crippen molar-refractivity contribution >= 4 is 52.5 Å².